The first kappa shape index (κ1) is 24.1. The molecule has 2 aliphatic carbocycles. The van der Waals surface area contributed by atoms with Crippen LogP contribution in [0.4, 0.5) is 8.78 Å². The number of ketones is 1. The van der Waals surface area contributed by atoms with E-state index in [9.17, 15) is 26.8 Å². The predicted octanol–water partition coefficient (Wildman–Crippen LogP) is 4.66. The van der Waals surface area contributed by atoms with Crippen LogP contribution in [0.3, 0.4) is 0 Å². The van der Waals surface area contributed by atoms with Gasteiger partial charge in [0, 0.05) is 28.5 Å². The number of benzene rings is 2. The topological polar surface area (TPSA) is 85.2 Å². The molecule has 36 heavy (non-hydrogen) atoms. The molecular weight excluding hydrogens is 486 g/mol. The number of carbonyl (C=O) groups is 2. The predicted molar refractivity (Wildman–Crippen MR) is 133 cm³/mol. The van der Waals surface area contributed by atoms with Gasteiger partial charge >= 0.3 is 0 Å². The minimum Gasteiger partial charge on any atom is -0.331 e. The Morgan fingerprint density at radius 3 is 2.53 bits per heavy atom. The second-order valence-corrected chi connectivity index (χ2v) is 11.0. The maximum Gasteiger partial charge on any atom is 0.282 e. The molecule has 5 rings (SSSR count). The fraction of sp³-hybridized carbons (Fsp3) is 0.259. The average molecular weight is 511 g/mol. The number of halogens is 2. The number of nitrogens with one attached hydrogen (secondary N) is 1. The first-order valence-corrected chi connectivity index (χ1v) is 13.3. The minimum atomic E-state index is -3.93. The first-order valence-electron chi connectivity index (χ1n) is 11.8. The molecule has 1 N–H and O–H groups in total. The Labute approximate surface area is 207 Å². The van der Waals surface area contributed by atoms with Crippen LogP contribution in [0.25, 0.3) is 16.5 Å². The number of aryl methyl sites for hydroxylation is 1. The summed E-state index contributed by atoms with van der Waals surface area (Å²) >= 11 is 0. The van der Waals surface area contributed by atoms with E-state index < -0.39 is 32.8 Å². The van der Waals surface area contributed by atoms with Gasteiger partial charge in [-0.2, -0.15) is 0 Å². The summed E-state index contributed by atoms with van der Waals surface area (Å²) in [6.45, 7) is 1.61. The van der Waals surface area contributed by atoms with Crippen LogP contribution in [0.1, 0.15) is 53.4 Å². The molecule has 9 heteroatoms. The molecule has 1 heterocycles. The lowest BCUT2D eigenvalue weighted by atomic mass is 9.92. The zero-order valence-electron chi connectivity index (χ0n) is 19.6. The second-order valence-electron chi connectivity index (χ2n) is 9.03. The Bertz CT molecular complexity index is 1580. The van der Waals surface area contributed by atoms with Crippen molar-refractivity contribution in [3.63, 3.8) is 0 Å². The number of hydrogen-bond donors (Lipinski definition) is 1. The molecule has 0 radical (unpaired) electrons. The third-order valence-electron chi connectivity index (χ3n) is 6.58. The monoisotopic (exact) mass is 510 g/mol. The van der Waals surface area contributed by atoms with Gasteiger partial charge in [0.1, 0.15) is 17.3 Å². The first-order chi connectivity index (χ1) is 17.2. The quantitative estimate of drug-likeness (QED) is 0.501. The van der Waals surface area contributed by atoms with Crippen LogP contribution in [0.2, 0.25) is 0 Å². The molecule has 0 spiro atoms. The normalized spacial score (nSPS) is 15.9. The lowest BCUT2D eigenvalue weighted by Gasteiger charge is -2.15. The van der Waals surface area contributed by atoms with Gasteiger partial charge in [0.15, 0.2) is 5.78 Å². The van der Waals surface area contributed by atoms with E-state index in [1.807, 2.05) is 0 Å². The van der Waals surface area contributed by atoms with Crippen LogP contribution in [0.15, 0.2) is 54.6 Å². The summed E-state index contributed by atoms with van der Waals surface area (Å²) in [7, 11) is -3.93. The van der Waals surface area contributed by atoms with Crippen molar-refractivity contribution in [1.82, 2.24) is 9.29 Å². The van der Waals surface area contributed by atoms with Gasteiger partial charge in [0.05, 0.1) is 17.3 Å². The molecule has 0 atom stereocenters. The largest absolute Gasteiger partial charge is 0.331 e. The molecule has 1 amide bonds. The van der Waals surface area contributed by atoms with Crippen molar-refractivity contribution in [1.29, 1.82) is 0 Å². The molecule has 1 aromatic heterocycles. The van der Waals surface area contributed by atoms with Crippen LogP contribution in [-0.2, 0) is 27.8 Å². The third kappa shape index (κ3) is 4.28. The van der Waals surface area contributed by atoms with Crippen molar-refractivity contribution < 1.29 is 26.8 Å². The highest BCUT2D eigenvalue weighted by Gasteiger charge is 2.39. The summed E-state index contributed by atoms with van der Waals surface area (Å²) < 4.78 is 58.5. The van der Waals surface area contributed by atoms with Crippen LogP contribution in [-0.4, -0.2) is 29.9 Å². The van der Waals surface area contributed by atoms with Gasteiger partial charge in [-0.15, -0.1) is 0 Å². The van der Waals surface area contributed by atoms with Crippen molar-refractivity contribution in [2.75, 3.05) is 0 Å². The van der Waals surface area contributed by atoms with Crippen LogP contribution >= 0.6 is 0 Å². The Hall–Kier alpha value is -3.59. The highest BCUT2D eigenvalue weighted by molar-refractivity contribution is 7.91. The second kappa shape index (κ2) is 9.13. The van der Waals surface area contributed by atoms with Gasteiger partial charge < -0.3 is 4.57 Å². The number of amides is 1. The Balaban J connectivity index is 1.82. The number of hydrogen-bond acceptors (Lipinski definition) is 4. The molecule has 2 aromatic carbocycles. The van der Waals surface area contributed by atoms with Crippen molar-refractivity contribution >= 4 is 38.2 Å². The van der Waals surface area contributed by atoms with Gasteiger partial charge in [-0.3, -0.25) is 9.59 Å². The molecule has 6 nitrogen and oxygen atoms in total. The van der Waals surface area contributed by atoms with Gasteiger partial charge in [-0.1, -0.05) is 43.4 Å². The van der Waals surface area contributed by atoms with E-state index in [0.717, 1.165) is 0 Å². The van der Waals surface area contributed by atoms with Gasteiger partial charge in [0.2, 0.25) is 10.0 Å². The van der Waals surface area contributed by atoms with E-state index in [-0.39, 0.29) is 46.7 Å². The smallest absolute Gasteiger partial charge is 0.282 e. The standard InChI is InChI=1S/C27H24F2N2O4S/c1-2-16-13-20-23(14-22(16)29)31(15-17-7-3-5-9-21(17)28)26(25(20)19-8-4-6-10-24(19)32)27(33)30-36(34,35)18-11-12-18/h3-9,13-14,18H,2,10-12,15H2,1H3,(H,30,33). The summed E-state index contributed by atoms with van der Waals surface area (Å²) in [6, 6.07) is 8.81. The van der Waals surface area contributed by atoms with Crippen LogP contribution in [0, 0.1) is 11.6 Å². The lowest BCUT2D eigenvalue weighted by Crippen LogP contribution is -2.35. The summed E-state index contributed by atoms with van der Waals surface area (Å²) in [5, 5.41) is -0.231. The lowest BCUT2D eigenvalue weighted by molar-refractivity contribution is -0.113. The summed E-state index contributed by atoms with van der Waals surface area (Å²) in [5.74, 6) is -2.24. The third-order valence-corrected chi connectivity index (χ3v) is 8.40. The van der Waals surface area contributed by atoms with E-state index >= 15 is 0 Å². The fourth-order valence-electron chi connectivity index (χ4n) is 4.56. The van der Waals surface area contributed by atoms with Gasteiger partial charge in [-0.25, -0.2) is 21.9 Å². The van der Waals surface area contributed by atoms with E-state index in [4.69, 9.17) is 0 Å². The van der Waals surface area contributed by atoms with Crippen molar-refractivity contribution in [2.24, 2.45) is 0 Å². The van der Waals surface area contributed by atoms with Crippen LogP contribution < -0.4 is 4.72 Å². The molecule has 0 saturated heterocycles. The molecule has 3 aromatic rings. The Morgan fingerprint density at radius 2 is 1.86 bits per heavy atom. The molecule has 2 aliphatic rings. The number of aromatic nitrogens is 1. The SMILES string of the molecule is CCc1cc2c(C3=CC=CCC3=O)c(C(=O)NS(=O)(=O)C3CC3)n(Cc3ccccc3F)c2cc1F. The van der Waals surface area contributed by atoms with E-state index in [2.05, 4.69) is 4.72 Å². The van der Waals surface area contributed by atoms with Gasteiger partial charge in [0.25, 0.3) is 5.91 Å². The number of nitrogens with zero attached hydrogens (tertiary/aromatic N) is 1. The molecule has 1 fully saturated rings. The molecular formula is C27H24F2N2O4S. The van der Waals surface area contributed by atoms with Gasteiger partial charge in [-0.05, 0) is 43.0 Å². The fourth-order valence-corrected chi connectivity index (χ4v) is 5.84. The zero-order chi connectivity index (χ0) is 25.6. The van der Waals surface area contributed by atoms with Crippen molar-refractivity contribution in [3.05, 3.63) is 88.6 Å². The Morgan fingerprint density at radius 1 is 1.11 bits per heavy atom. The molecule has 0 bridgehead atoms. The maximum atomic E-state index is 15.0. The summed E-state index contributed by atoms with van der Waals surface area (Å²) in [5.41, 5.74) is 1.18. The van der Waals surface area contributed by atoms with E-state index in [0.29, 0.717) is 30.2 Å². The van der Waals surface area contributed by atoms with E-state index in [1.165, 1.54) is 28.8 Å². The van der Waals surface area contributed by atoms with Crippen LogP contribution in [0.5, 0.6) is 0 Å². The summed E-state index contributed by atoms with van der Waals surface area (Å²) in [4.78, 5) is 26.6. The molecule has 186 valence electrons. The summed E-state index contributed by atoms with van der Waals surface area (Å²) in [6.07, 6.45) is 6.30. The number of allylic oxidation sites excluding steroid dienone is 4. The molecule has 0 aliphatic heterocycles. The average Bonchev–Trinajstić information content (AvgIpc) is 3.66. The Kier molecular flexibility index (Phi) is 6.12. The van der Waals surface area contributed by atoms with E-state index in [1.54, 1.807) is 37.3 Å². The highest BCUT2D eigenvalue weighted by Crippen LogP contribution is 2.37. The highest BCUT2D eigenvalue weighted by atomic mass is 32.2. The number of rotatable bonds is 7. The molecule has 0 unspecified atom stereocenters. The number of Topliss-reactive ketones (excluding diaryl/α,β-unsaturated/α-hetero) is 1. The van der Waals surface area contributed by atoms with Crippen molar-refractivity contribution in [2.45, 2.75) is 44.4 Å². The number of sulfonamides is 1. The zero-order valence-corrected chi connectivity index (χ0v) is 20.4. The minimum absolute atomic E-state index is 0.106. The molecule has 1 saturated carbocycles. The maximum absolute atomic E-state index is 15.0. The number of fused-ring (bicyclic) bond motifs is 1. The number of carbonyl (C=O) groups excluding carboxylic acids is 2. The van der Waals surface area contributed by atoms with Crippen molar-refractivity contribution in [3.8, 4) is 0 Å².